The van der Waals surface area contributed by atoms with Gasteiger partial charge in [-0.25, -0.2) is 4.98 Å². The van der Waals surface area contributed by atoms with Crippen LogP contribution >= 0.6 is 11.3 Å². The summed E-state index contributed by atoms with van der Waals surface area (Å²) in [6.45, 7) is 8.03. The van der Waals surface area contributed by atoms with E-state index in [0.717, 1.165) is 15.6 Å². The van der Waals surface area contributed by atoms with Gasteiger partial charge >= 0.3 is 0 Å². The minimum atomic E-state index is 0.437. The molecular weight excluding hydrogens is 210 g/mol. The van der Waals surface area contributed by atoms with Crippen LogP contribution in [0.3, 0.4) is 0 Å². The molecule has 0 aliphatic carbocycles. The second kappa shape index (κ2) is 3.73. The van der Waals surface area contributed by atoms with Crippen molar-refractivity contribution in [3.05, 3.63) is 16.5 Å². The fraction of sp³-hybridized carbons (Fsp3) is 0.500. The number of aryl methyl sites for hydroxylation is 2. The first kappa shape index (κ1) is 10.3. The molecule has 0 amide bonds. The molecule has 0 atom stereocenters. The molecule has 5 heteroatoms. The van der Waals surface area contributed by atoms with Crippen LogP contribution in [0.15, 0.2) is 4.52 Å². The molecule has 80 valence electrons. The van der Waals surface area contributed by atoms with E-state index in [1.54, 1.807) is 11.3 Å². The molecule has 4 nitrogen and oxygen atoms in total. The normalized spacial score (nSPS) is 11.3. The molecular formula is C10H13N3OS. The van der Waals surface area contributed by atoms with Gasteiger partial charge in [-0.1, -0.05) is 19.0 Å². The lowest BCUT2D eigenvalue weighted by molar-refractivity contribution is 0.426. The average molecular weight is 223 g/mol. The lowest BCUT2D eigenvalue weighted by Gasteiger charge is -1.94. The van der Waals surface area contributed by atoms with Gasteiger partial charge in [0.1, 0.15) is 4.88 Å². The smallest absolute Gasteiger partial charge is 0.269 e. The molecule has 0 unspecified atom stereocenters. The SMILES string of the molecule is Cc1noc(-c2sc(C(C)C)nc2C)n1. The average Bonchev–Trinajstić information content (AvgIpc) is 2.71. The van der Waals surface area contributed by atoms with E-state index in [-0.39, 0.29) is 0 Å². The van der Waals surface area contributed by atoms with Crippen molar-refractivity contribution in [3.63, 3.8) is 0 Å². The number of hydrogen-bond donors (Lipinski definition) is 0. The Kier molecular flexibility index (Phi) is 2.56. The van der Waals surface area contributed by atoms with Gasteiger partial charge in [0.05, 0.1) is 10.7 Å². The van der Waals surface area contributed by atoms with E-state index >= 15 is 0 Å². The number of nitrogens with zero attached hydrogens (tertiary/aromatic N) is 3. The first-order chi connectivity index (χ1) is 7.08. The molecule has 0 aromatic carbocycles. The number of hydrogen-bond acceptors (Lipinski definition) is 5. The summed E-state index contributed by atoms with van der Waals surface area (Å²) in [7, 11) is 0. The Hall–Kier alpha value is -1.23. The summed E-state index contributed by atoms with van der Waals surface area (Å²) in [5, 5.41) is 4.89. The summed E-state index contributed by atoms with van der Waals surface area (Å²) >= 11 is 1.63. The van der Waals surface area contributed by atoms with Crippen molar-refractivity contribution in [1.82, 2.24) is 15.1 Å². The maximum absolute atomic E-state index is 5.13. The maximum atomic E-state index is 5.13. The number of thiazole rings is 1. The van der Waals surface area contributed by atoms with Crippen LogP contribution in [0.1, 0.15) is 36.3 Å². The van der Waals surface area contributed by atoms with Crippen LogP contribution in [0, 0.1) is 13.8 Å². The van der Waals surface area contributed by atoms with Crippen molar-refractivity contribution in [2.24, 2.45) is 0 Å². The largest absolute Gasteiger partial charge is 0.333 e. The van der Waals surface area contributed by atoms with Crippen molar-refractivity contribution >= 4 is 11.3 Å². The van der Waals surface area contributed by atoms with E-state index in [1.165, 1.54) is 0 Å². The van der Waals surface area contributed by atoms with Crippen LogP contribution in [-0.4, -0.2) is 15.1 Å². The fourth-order valence-electron chi connectivity index (χ4n) is 1.25. The highest BCUT2D eigenvalue weighted by atomic mass is 32.1. The lowest BCUT2D eigenvalue weighted by atomic mass is 10.2. The van der Waals surface area contributed by atoms with E-state index in [4.69, 9.17) is 4.52 Å². The quantitative estimate of drug-likeness (QED) is 0.785. The molecule has 0 fully saturated rings. The summed E-state index contributed by atoms with van der Waals surface area (Å²) in [5.41, 5.74) is 0.965. The summed E-state index contributed by atoms with van der Waals surface area (Å²) in [4.78, 5) is 9.68. The van der Waals surface area contributed by atoms with Gasteiger partial charge in [0, 0.05) is 5.92 Å². The summed E-state index contributed by atoms with van der Waals surface area (Å²) in [6, 6.07) is 0. The lowest BCUT2D eigenvalue weighted by Crippen LogP contribution is -1.84. The van der Waals surface area contributed by atoms with E-state index in [1.807, 2.05) is 13.8 Å². The molecule has 0 bridgehead atoms. The fourth-order valence-corrected chi connectivity index (χ4v) is 2.24. The Morgan fingerprint density at radius 1 is 1.20 bits per heavy atom. The first-order valence-corrected chi connectivity index (χ1v) is 5.67. The summed E-state index contributed by atoms with van der Waals surface area (Å²) in [5.74, 6) is 1.67. The molecule has 0 radical (unpaired) electrons. The Morgan fingerprint density at radius 3 is 2.40 bits per heavy atom. The molecule has 0 spiro atoms. The van der Waals surface area contributed by atoms with Gasteiger partial charge < -0.3 is 4.52 Å². The molecule has 2 aromatic rings. The Bertz CT molecular complexity index is 473. The molecule has 2 aromatic heterocycles. The predicted octanol–water partition coefficient (Wildman–Crippen LogP) is 2.93. The van der Waals surface area contributed by atoms with Crippen molar-refractivity contribution < 1.29 is 4.52 Å². The maximum Gasteiger partial charge on any atom is 0.269 e. The van der Waals surface area contributed by atoms with Gasteiger partial charge in [0.2, 0.25) is 0 Å². The van der Waals surface area contributed by atoms with Crippen LogP contribution < -0.4 is 0 Å². The van der Waals surface area contributed by atoms with Gasteiger partial charge in [0.25, 0.3) is 5.89 Å². The molecule has 2 heterocycles. The standard InChI is InChI=1S/C10H13N3OS/c1-5(2)10-11-6(3)8(15-10)9-12-7(4)13-14-9/h5H,1-4H3. The van der Waals surface area contributed by atoms with Gasteiger partial charge in [-0.2, -0.15) is 4.98 Å². The number of aromatic nitrogens is 3. The molecule has 0 aliphatic rings. The topological polar surface area (TPSA) is 51.8 Å². The Morgan fingerprint density at radius 2 is 1.93 bits per heavy atom. The minimum Gasteiger partial charge on any atom is -0.333 e. The minimum absolute atomic E-state index is 0.437. The van der Waals surface area contributed by atoms with Gasteiger partial charge in [0.15, 0.2) is 5.82 Å². The first-order valence-electron chi connectivity index (χ1n) is 4.86. The number of rotatable bonds is 2. The van der Waals surface area contributed by atoms with E-state index in [0.29, 0.717) is 17.6 Å². The highest BCUT2D eigenvalue weighted by Gasteiger charge is 2.16. The molecule has 0 N–H and O–H groups in total. The zero-order chi connectivity index (χ0) is 11.0. The van der Waals surface area contributed by atoms with E-state index < -0.39 is 0 Å². The van der Waals surface area contributed by atoms with Gasteiger partial charge in [-0.05, 0) is 13.8 Å². The predicted molar refractivity (Wildman–Crippen MR) is 59.0 cm³/mol. The highest BCUT2D eigenvalue weighted by Crippen LogP contribution is 2.31. The second-order valence-electron chi connectivity index (χ2n) is 3.77. The van der Waals surface area contributed by atoms with Gasteiger partial charge in [-0.3, -0.25) is 0 Å². The Labute approximate surface area is 92.4 Å². The molecule has 2 rings (SSSR count). The molecule has 0 aliphatic heterocycles. The third-order valence-corrected chi connectivity index (χ3v) is 3.47. The van der Waals surface area contributed by atoms with Crippen molar-refractivity contribution in [1.29, 1.82) is 0 Å². The second-order valence-corrected chi connectivity index (χ2v) is 4.80. The Balaban J connectivity index is 2.44. The monoisotopic (exact) mass is 223 g/mol. The highest BCUT2D eigenvalue weighted by molar-refractivity contribution is 7.15. The van der Waals surface area contributed by atoms with E-state index in [2.05, 4.69) is 29.0 Å². The zero-order valence-electron chi connectivity index (χ0n) is 9.24. The van der Waals surface area contributed by atoms with Crippen LogP contribution in [-0.2, 0) is 0 Å². The van der Waals surface area contributed by atoms with Crippen LogP contribution in [0.2, 0.25) is 0 Å². The zero-order valence-corrected chi connectivity index (χ0v) is 10.1. The van der Waals surface area contributed by atoms with Crippen LogP contribution in [0.25, 0.3) is 10.8 Å². The molecule has 15 heavy (non-hydrogen) atoms. The third-order valence-electron chi connectivity index (χ3n) is 2.03. The molecule has 0 saturated carbocycles. The third kappa shape index (κ3) is 1.92. The van der Waals surface area contributed by atoms with Gasteiger partial charge in [-0.15, -0.1) is 11.3 Å². The van der Waals surface area contributed by atoms with Crippen molar-refractivity contribution in [3.8, 4) is 10.8 Å². The van der Waals surface area contributed by atoms with Crippen molar-refractivity contribution in [2.75, 3.05) is 0 Å². The van der Waals surface area contributed by atoms with Crippen LogP contribution in [0.4, 0.5) is 0 Å². The van der Waals surface area contributed by atoms with Crippen molar-refractivity contribution in [2.45, 2.75) is 33.6 Å². The summed E-state index contributed by atoms with van der Waals surface area (Å²) < 4.78 is 5.13. The molecule has 0 saturated heterocycles. The van der Waals surface area contributed by atoms with Crippen LogP contribution in [0.5, 0.6) is 0 Å². The summed E-state index contributed by atoms with van der Waals surface area (Å²) in [6.07, 6.45) is 0. The van der Waals surface area contributed by atoms with E-state index in [9.17, 15) is 0 Å².